The van der Waals surface area contributed by atoms with Gasteiger partial charge in [0.2, 0.25) is 0 Å². The Bertz CT molecular complexity index is 2140. The molecule has 1 aliphatic heterocycles. The number of H-pyrrole nitrogens is 1. The van der Waals surface area contributed by atoms with Crippen LogP contribution < -0.4 is 32.4 Å². The number of urea groups is 1. The van der Waals surface area contributed by atoms with Crippen LogP contribution in [0, 0.1) is 0 Å². The fourth-order valence-corrected chi connectivity index (χ4v) is 7.71. The lowest BCUT2D eigenvalue weighted by Gasteiger charge is -2.22. The Kier molecular flexibility index (Phi) is 12.1. The normalized spacial score (nSPS) is 15.0. The lowest BCUT2D eigenvalue weighted by molar-refractivity contribution is -0.140. The minimum Gasteiger partial charge on any atom is -0.456 e. The summed E-state index contributed by atoms with van der Waals surface area (Å²) in [5.74, 6) is -2.69. The van der Waals surface area contributed by atoms with E-state index in [9.17, 15) is 27.6 Å². The van der Waals surface area contributed by atoms with Crippen LogP contribution in [0.2, 0.25) is 5.02 Å². The number of para-hydroxylation sites is 1. The zero-order valence-corrected chi connectivity index (χ0v) is 30.6. The van der Waals surface area contributed by atoms with E-state index in [1.165, 1.54) is 24.3 Å². The van der Waals surface area contributed by atoms with Crippen molar-refractivity contribution < 1.29 is 37.1 Å². The third kappa shape index (κ3) is 8.47. The lowest BCUT2D eigenvalue weighted by Crippen LogP contribution is -2.58. The number of imide groups is 1. The molecule has 0 radical (unpaired) electrons. The predicted molar refractivity (Wildman–Crippen MR) is 198 cm³/mol. The molecule has 1 saturated heterocycles. The van der Waals surface area contributed by atoms with Crippen LogP contribution in [0.5, 0.6) is 17.2 Å². The van der Waals surface area contributed by atoms with E-state index in [1.54, 1.807) is 6.20 Å². The van der Waals surface area contributed by atoms with Crippen molar-refractivity contribution in [3.05, 3.63) is 83.0 Å². The van der Waals surface area contributed by atoms with E-state index in [0.29, 0.717) is 42.1 Å². The van der Waals surface area contributed by atoms with Crippen LogP contribution >= 0.6 is 11.6 Å². The number of benzene rings is 3. The van der Waals surface area contributed by atoms with E-state index in [0.717, 1.165) is 34.4 Å². The maximum absolute atomic E-state index is 14.3. The van der Waals surface area contributed by atoms with Crippen LogP contribution in [0.15, 0.2) is 71.8 Å². The summed E-state index contributed by atoms with van der Waals surface area (Å²) in [5.41, 5.74) is 22.4. The monoisotopic (exact) mass is 767 g/mol. The number of nitrogens with zero attached hydrogens (tertiary/aromatic N) is 2. The Morgan fingerprint density at radius 1 is 0.981 bits per heavy atom. The molecule has 0 aliphatic carbocycles. The van der Waals surface area contributed by atoms with Gasteiger partial charge in [-0.2, -0.15) is 0 Å². The predicted octanol–water partition coefficient (Wildman–Crippen LogP) is 4.12. The van der Waals surface area contributed by atoms with E-state index < -0.39 is 50.4 Å². The second kappa shape index (κ2) is 16.3. The third-order valence-electron chi connectivity index (χ3n) is 8.86. The highest BCUT2D eigenvalue weighted by Gasteiger charge is 2.51. The molecular weight excluding hydrogens is 726 g/mol. The molecule has 53 heavy (non-hydrogen) atoms. The van der Waals surface area contributed by atoms with Gasteiger partial charge in [0.15, 0.2) is 5.66 Å². The van der Waals surface area contributed by atoms with Crippen LogP contribution in [0.1, 0.15) is 61.4 Å². The quantitative estimate of drug-likeness (QED) is 0.0336. The van der Waals surface area contributed by atoms with Gasteiger partial charge in [0.05, 0.1) is 15.5 Å². The van der Waals surface area contributed by atoms with Gasteiger partial charge in [-0.3, -0.25) is 14.5 Å². The van der Waals surface area contributed by atoms with E-state index in [2.05, 4.69) is 4.98 Å². The molecule has 2 heterocycles. The summed E-state index contributed by atoms with van der Waals surface area (Å²) in [6.07, 6.45) is 4.90. The van der Waals surface area contributed by atoms with Crippen LogP contribution in [-0.2, 0) is 26.0 Å². The molecule has 4 aromatic rings. The van der Waals surface area contributed by atoms with Crippen molar-refractivity contribution in [1.82, 2.24) is 14.2 Å². The fourth-order valence-electron chi connectivity index (χ4n) is 5.96. The molecule has 0 bridgehead atoms. The van der Waals surface area contributed by atoms with E-state index >= 15 is 0 Å². The number of nitrogens with one attached hydrogen (secondary N) is 1. The molecule has 17 heteroatoms. The van der Waals surface area contributed by atoms with Gasteiger partial charge >= 0.3 is 12.0 Å². The number of esters is 1. The highest BCUT2D eigenvalue weighted by atomic mass is 35.5. The van der Waals surface area contributed by atoms with Crippen LogP contribution in [0.3, 0.4) is 0 Å². The van der Waals surface area contributed by atoms with Gasteiger partial charge < -0.3 is 37.4 Å². The number of aromatic amines is 1. The minimum absolute atomic E-state index is 0.00606. The van der Waals surface area contributed by atoms with Gasteiger partial charge in [-0.05, 0) is 74.2 Å². The number of halogens is 1. The Labute approximate surface area is 311 Å². The number of unbranched alkanes of at least 4 members (excludes halogenated alkanes) is 3. The third-order valence-corrected chi connectivity index (χ3v) is 10.9. The lowest BCUT2D eigenvalue weighted by atomic mass is 10.0. The number of fused-ring (bicyclic) bond motifs is 1. The number of carbonyl (C=O) groups excluding carboxylic acids is 4. The van der Waals surface area contributed by atoms with Crippen molar-refractivity contribution in [2.75, 3.05) is 13.1 Å². The number of primary amides is 1. The fraction of sp³-hybridized carbons (Fsp3) is 0.333. The molecule has 15 nitrogen and oxygen atoms in total. The van der Waals surface area contributed by atoms with Gasteiger partial charge in [0, 0.05) is 36.1 Å². The molecule has 5 rings (SSSR count). The van der Waals surface area contributed by atoms with Gasteiger partial charge in [-0.25, -0.2) is 22.3 Å². The molecule has 1 aliphatic rings. The van der Waals surface area contributed by atoms with E-state index in [1.807, 2.05) is 31.2 Å². The number of ether oxygens (including phenoxy) is 2. The van der Waals surface area contributed by atoms with Gasteiger partial charge in [0.1, 0.15) is 23.3 Å². The highest BCUT2D eigenvalue weighted by molar-refractivity contribution is 7.89. The number of sulfonamides is 1. The Morgan fingerprint density at radius 3 is 2.42 bits per heavy atom. The van der Waals surface area contributed by atoms with E-state index in [-0.39, 0.29) is 47.2 Å². The maximum Gasteiger partial charge on any atom is 0.346 e. The maximum atomic E-state index is 14.3. The number of nitrogens with two attached hydrogens (primary N) is 4. The van der Waals surface area contributed by atoms with Gasteiger partial charge in [-0.1, -0.05) is 49.6 Å². The number of rotatable bonds is 17. The molecule has 0 saturated carbocycles. The van der Waals surface area contributed by atoms with Crippen molar-refractivity contribution in [3.63, 3.8) is 0 Å². The first kappa shape index (κ1) is 39.2. The average Bonchev–Trinajstić information content (AvgIpc) is 3.64. The smallest absolute Gasteiger partial charge is 0.346 e. The molecule has 1 aromatic heterocycles. The summed E-state index contributed by atoms with van der Waals surface area (Å²) >= 11 is 6.35. The second-order valence-corrected chi connectivity index (χ2v) is 15.0. The molecule has 1 atom stereocenters. The Balaban J connectivity index is 1.43. The number of hydrogen-bond acceptors (Lipinski definition) is 11. The second-order valence-electron chi connectivity index (χ2n) is 12.8. The molecule has 1 unspecified atom stereocenters. The largest absolute Gasteiger partial charge is 0.456 e. The summed E-state index contributed by atoms with van der Waals surface area (Å²) in [4.78, 5) is 56.4. The number of carbonyl (C=O) groups is 4. The summed E-state index contributed by atoms with van der Waals surface area (Å²) < 4.78 is 40.3. The summed E-state index contributed by atoms with van der Waals surface area (Å²) in [6.45, 7) is 2.37. The standard InChI is InChI=1S/C36H42ClN7O8S/c1-2-3-15-36(40,41)34(47)52-31-13-11-23(19-27(31)37)51-30-14-12-24(20-26(30)32(39)45)53(49,50)44-29(18-22-21-42-28-10-6-5-9-25(22)28)33(46)43(35(44)48)17-8-4-7-16-38/h5-6,9-14,19-21,29,42H,2-4,7-8,15-18,38,40-41H2,1H3,(H2,39,45). The van der Waals surface area contributed by atoms with Crippen molar-refractivity contribution in [2.45, 2.75) is 68.5 Å². The molecule has 4 amide bonds. The average molecular weight is 768 g/mol. The van der Waals surface area contributed by atoms with Crippen molar-refractivity contribution in [2.24, 2.45) is 22.9 Å². The van der Waals surface area contributed by atoms with Gasteiger partial charge in [-0.15, -0.1) is 0 Å². The van der Waals surface area contributed by atoms with Crippen LogP contribution in [-0.4, -0.2) is 71.2 Å². The summed E-state index contributed by atoms with van der Waals surface area (Å²) in [5, 5.41) is 0.724. The molecule has 282 valence electrons. The number of aromatic nitrogens is 1. The van der Waals surface area contributed by atoms with Crippen LogP contribution in [0.25, 0.3) is 10.9 Å². The van der Waals surface area contributed by atoms with Crippen molar-refractivity contribution >= 4 is 56.3 Å². The minimum atomic E-state index is -4.74. The van der Waals surface area contributed by atoms with Crippen LogP contribution in [0.4, 0.5) is 4.79 Å². The van der Waals surface area contributed by atoms with Gasteiger partial charge in [0.25, 0.3) is 21.8 Å². The molecule has 3 aromatic carbocycles. The van der Waals surface area contributed by atoms with E-state index in [4.69, 9.17) is 44.0 Å². The Hall–Kier alpha value is -5.00. The topological polar surface area (TPSA) is 247 Å². The zero-order chi connectivity index (χ0) is 38.5. The first-order chi connectivity index (χ1) is 25.2. The number of hydrogen-bond donors (Lipinski definition) is 5. The molecule has 0 spiro atoms. The van der Waals surface area contributed by atoms with Crippen molar-refractivity contribution in [3.8, 4) is 17.2 Å². The molecule has 1 fully saturated rings. The first-order valence-corrected chi connectivity index (χ1v) is 18.9. The van der Waals surface area contributed by atoms with Crippen molar-refractivity contribution in [1.29, 1.82) is 0 Å². The zero-order valence-electron chi connectivity index (χ0n) is 29.0. The first-order valence-electron chi connectivity index (χ1n) is 17.1. The highest BCUT2D eigenvalue weighted by Crippen LogP contribution is 2.36. The molecular formula is C36H42ClN7O8S. The SMILES string of the molecule is CCCCC(N)(N)C(=O)Oc1ccc(Oc2ccc(S(=O)(=O)N3C(=O)N(CCCCCN)C(=O)C3Cc3c[nH]c4ccccc34)cc2C(N)=O)cc1Cl. The molecule has 9 N–H and O–H groups in total. The summed E-state index contributed by atoms with van der Waals surface area (Å²) in [6, 6.07) is 12.2. The Morgan fingerprint density at radius 2 is 1.72 bits per heavy atom. The summed E-state index contributed by atoms with van der Waals surface area (Å²) in [7, 11) is -4.74. The number of amides is 4.